The fourth-order valence-electron chi connectivity index (χ4n) is 1.98. The maximum Gasteiger partial charge on any atom is 0.347 e. The van der Waals surface area contributed by atoms with Crippen LogP contribution < -0.4 is 5.69 Å². The summed E-state index contributed by atoms with van der Waals surface area (Å²) in [6.45, 7) is -0.421. The molecule has 8 heteroatoms. The van der Waals surface area contributed by atoms with Gasteiger partial charge in [-0.2, -0.15) is 4.39 Å². The summed E-state index contributed by atoms with van der Waals surface area (Å²) in [6, 6.07) is 0. The van der Waals surface area contributed by atoms with Gasteiger partial charge < -0.3 is 19.7 Å². The first-order chi connectivity index (χ1) is 8.58. The van der Waals surface area contributed by atoms with E-state index in [2.05, 4.69) is 4.98 Å². The third-order valence-corrected chi connectivity index (χ3v) is 2.89. The average molecular weight is 260 g/mol. The molecule has 0 spiro atoms. The molecule has 0 amide bonds. The number of aliphatic hydroxyl groups is 2. The number of halogens is 1. The van der Waals surface area contributed by atoms with Crippen LogP contribution in [-0.4, -0.2) is 52.2 Å². The first-order valence-corrected chi connectivity index (χ1v) is 5.30. The summed E-state index contributed by atoms with van der Waals surface area (Å²) in [7, 11) is 1.33. The van der Waals surface area contributed by atoms with E-state index in [0.29, 0.717) is 0 Å². The van der Waals surface area contributed by atoms with E-state index in [4.69, 9.17) is 14.6 Å². The zero-order valence-electron chi connectivity index (χ0n) is 9.54. The number of aromatic nitrogens is 2. The van der Waals surface area contributed by atoms with Crippen molar-refractivity contribution in [3.05, 3.63) is 28.2 Å². The van der Waals surface area contributed by atoms with E-state index >= 15 is 0 Å². The van der Waals surface area contributed by atoms with Crippen molar-refractivity contribution in [3.63, 3.8) is 0 Å². The van der Waals surface area contributed by atoms with Gasteiger partial charge in [-0.25, -0.2) is 9.78 Å². The molecule has 0 saturated carbocycles. The predicted octanol–water partition coefficient (Wildman–Crippen LogP) is -1.28. The minimum atomic E-state index is -1.09. The quantitative estimate of drug-likeness (QED) is 0.584. The highest BCUT2D eigenvalue weighted by Gasteiger charge is 2.45. The molecule has 4 unspecified atom stereocenters. The molecule has 2 heterocycles. The molecule has 4 atom stereocenters. The first-order valence-electron chi connectivity index (χ1n) is 5.30. The minimum absolute atomic E-state index is 0.0311. The van der Waals surface area contributed by atoms with Gasteiger partial charge in [0.15, 0.2) is 0 Å². The van der Waals surface area contributed by atoms with Gasteiger partial charge in [-0.3, -0.25) is 4.98 Å². The second-order valence-electron chi connectivity index (χ2n) is 3.93. The van der Waals surface area contributed by atoms with Crippen LogP contribution in [0.2, 0.25) is 0 Å². The lowest BCUT2D eigenvalue weighted by molar-refractivity contribution is -0.0250. The van der Waals surface area contributed by atoms with Gasteiger partial charge in [0.05, 0.1) is 12.2 Å². The van der Waals surface area contributed by atoms with Crippen molar-refractivity contribution < 1.29 is 24.1 Å². The van der Waals surface area contributed by atoms with Gasteiger partial charge in [0.25, 0.3) is 0 Å². The number of ether oxygens (including phenoxy) is 2. The highest BCUT2D eigenvalue weighted by molar-refractivity contribution is 5.15. The normalized spacial score (nSPS) is 31.8. The Morgan fingerprint density at radius 3 is 2.94 bits per heavy atom. The monoisotopic (exact) mass is 260 g/mol. The van der Waals surface area contributed by atoms with Crippen molar-refractivity contribution in [3.8, 4) is 0 Å². The van der Waals surface area contributed by atoms with Gasteiger partial charge in [0.2, 0.25) is 5.95 Å². The van der Waals surface area contributed by atoms with E-state index in [1.165, 1.54) is 7.11 Å². The Labute approximate surface area is 101 Å². The van der Waals surface area contributed by atoms with E-state index in [0.717, 1.165) is 6.20 Å². The van der Waals surface area contributed by atoms with Gasteiger partial charge in [0.1, 0.15) is 24.4 Å². The van der Waals surface area contributed by atoms with E-state index in [1.807, 2.05) is 4.98 Å². The molecule has 0 aliphatic carbocycles. The summed E-state index contributed by atoms with van der Waals surface area (Å²) in [6.07, 6.45) is -2.71. The molecule has 18 heavy (non-hydrogen) atoms. The van der Waals surface area contributed by atoms with Gasteiger partial charge >= 0.3 is 5.69 Å². The molecule has 3 N–H and O–H groups in total. The van der Waals surface area contributed by atoms with Crippen molar-refractivity contribution in [2.75, 3.05) is 13.7 Å². The third-order valence-electron chi connectivity index (χ3n) is 2.89. The van der Waals surface area contributed by atoms with Gasteiger partial charge in [-0.05, 0) is 0 Å². The Hall–Kier alpha value is -1.35. The summed E-state index contributed by atoms with van der Waals surface area (Å²) in [5.74, 6) is -0.896. The van der Waals surface area contributed by atoms with Crippen LogP contribution in [0.1, 0.15) is 11.7 Å². The SMILES string of the molecule is COC1C(c2cnc(=O)[nH]c2F)OC(CO)C1O. The number of nitrogens with zero attached hydrogens (tertiary/aromatic N) is 1. The lowest BCUT2D eigenvalue weighted by Crippen LogP contribution is -2.34. The maximum atomic E-state index is 13.6. The zero-order valence-corrected chi connectivity index (χ0v) is 9.54. The molecule has 1 aliphatic heterocycles. The van der Waals surface area contributed by atoms with Crippen LogP contribution in [0, 0.1) is 5.95 Å². The number of aromatic amines is 1. The lowest BCUT2D eigenvalue weighted by atomic mass is 10.0. The van der Waals surface area contributed by atoms with E-state index in [9.17, 15) is 14.3 Å². The van der Waals surface area contributed by atoms with Crippen molar-refractivity contribution >= 4 is 0 Å². The smallest absolute Gasteiger partial charge is 0.347 e. The Morgan fingerprint density at radius 1 is 1.67 bits per heavy atom. The summed E-state index contributed by atoms with van der Waals surface area (Å²) < 4.78 is 23.9. The second kappa shape index (κ2) is 5.11. The van der Waals surface area contributed by atoms with E-state index < -0.39 is 42.7 Å². The Kier molecular flexibility index (Phi) is 3.71. The molecule has 0 aromatic carbocycles. The lowest BCUT2D eigenvalue weighted by Gasteiger charge is -2.18. The number of hydrogen-bond donors (Lipinski definition) is 3. The third kappa shape index (κ3) is 2.15. The van der Waals surface area contributed by atoms with Crippen molar-refractivity contribution in [1.82, 2.24) is 9.97 Å². The average Bonchev–Trinajstić information content (AvgIpc) is 2.65. The van der Waals surface area contributed by atoms with Crippen LogP contribution in [-0.2, 0) is 9.47 Å². The fraction of sp³-hybridized carbons (Fsp3) is 0.600. The van der Waals surface area contributed by atoms with E-state index in [-0.39, 0.29) is 5.56 Å². The standard InChI is InChI=1S/C10H13FN2O5/c1-17-8-6(15)5(3-14)18-7(8)4-2-12-10(16)13-9(4)11/h2,5-8,14-15H,3H2,1H3,(H,12,13,16). The Morgan fingerprint density at radius 2 is 2.39 bits per heavy atom. The molecule has 1 fully saturated rings. The molecular weight excluding hydrogens is 247 g/mol. The van der Waals surface area contributed by atoms with Crippen LogP contribution in [0.4, 0.5) is 4.39 Å². The number of rotatable bonds is 3. The molecule has 1 aromatic heterocycles. The molecular formula is C10H13FN2O5. The van der Waals surface area contributed by atoms with Crippen LogP contribution in [0.3, 0.4) is 0 Å². The van der Waals surface area contributed by atoms with Crippen LogP contribution in [0.5, 0.6) is 0 Å². The molecule has 1 saturated heterocycles. The van der Waals surface area contributed by atoms with Crippen molar-refractivity contribution in [2.24, 2.45) is 0 Å². The Balaban J connectivity index is 2.34. The first kappa shape index (κ1) is 13.1. The largest absolute Gasteiger partial charge is 0.394 e. The summed E-state index contributed by atoms with van der Waals surface area (Å²) in [4.78, 5) is 16.1. The minimum Gasteiger partial charge on any atom is -0.394 e. The van der Waals surface area contributed by atoms with Gasteiger partial charge in [0, 0.05) is 13.3 Å². The Bertz CT molecular complexity index is 480. The maximum absolute atomic E-state index is 13.6. The highest BCUT2D eigenvalue weighted by Crippen LogP contribution is 2.35. The summed E-state index contributed by atoms with van der Waals surface area (Å²) in [5.41, 5.74) is -0.848. The van der Waals surface area contributed by atoms with Crippen molar-refractivity contribution in [2.45, 2.75) is 24.4 Å². The highest BCUT2D eigenvalue weighted by atomic mass is 19.1. The van der Waals surface area contributed by atoms with Gasteiger partial charge in [-0.1, -0.05) is 0 Å². The molecule has 1 aromatic rings. The molecule has 100 valence electrons. The van der Waals surface area contributed by atoms with Gasteiger partial charge in [-0.15, -0.1) is 0 Å². The number of methoxy groups -OCH3 is 1. The van der Waals surface area contributed by atoms with Crippen LogP contribution in [0.25, 0.3) is 0 Å². The zero-order chi connectivity index (χ0) is 13.3. The molecule has 1 aliphatic rings. The summed E-state index contributed by atoms with van der Waals surface area (Å²) in [5, 5.41) is 18.8. The topological polar surface area (TPSA) is 105 Å². The predicted molar refractivity (Wildman–Crippen MR) is 56.3 cm³/mol. The molecule has 7 nitrogen and oxygen atoms in total. The number of aliphatic hydroxyl groups excluding tert-OH is 2. The fourth-order valence-corrected chi connectivity index (χ4v) is 1.98. The number of nitrogens with one attached hydrogen (secondary N) is 1. The number of hydrogen-bond acceptors (Lipinski definition) is 6. The molecule has 2 rings (SSSR count). The molecule has 0 radical (unpaired) electrons. The number of H-pyrrole nitrogens is 1. The second-order valence-corrected chi connectivity index (χ2v) is 3.93. The van der Waals surface area contributed by atoms with E-state index in [1.54, 1.807) is 0 Å². The van der Waals surface area contributed by atoms with Crippen molar-refractivity contribution in [1.29, 1.82) is 0 Å². The van der Waals surface area contributed by atoms with Crippen LogP contribution >= 0.6 is 0 Å². The molecule has 0 bridgehead atoms. The summed E-state index contributed by atoms with van der Waals surface area (Å²) >= 11 is 0. The van der Waals surface area contributed by atoms with Crippen LogP contribution in [0.15, 0.2) is 11.0 Å².